The molecule has 42 heavy (non-hydrogen) atoms. The minimum Gasteiger partial charge on any atom is -0.494 e. The van der Waals surface area contributed by atoms with Crippen LogP contribution in [0.5, 0.6) is 23.0 Å². The fraction of sp³-hybridized carbons (Fsp3) is 0.212. The molecule has 0 heterocycles. The van der Waals surface area contributed by atoms with Gasteiger partial charge in [-0.15, -0.1) is 0 Å². The van der Waals surface area contributed by atoms with Crippen LogP contribution >= 0.6 is 22.6 Å². The number of hydrogen-bond donors (Lipinski definition) is 1. The van der Waals surface area contributed by atoms with Gasteiger partial charge in [0.1, 0.15) is 23.0 Å². The molecule has 1 N–H and O–H groups in total. The lowest BCUT2D eigenvalue weighted by atomic mass is 10.1. The topological polar surface area (TPSA) is 101 Å². The fourth-order valence-electron chi connectivity index (χ4n) is 3.88. The zero-order valence-electron chi connectivity index (χ0n) is 23.1. The number of rotatable bonds is 14. The second-order valence-corrected chi connectivity index (χ2v) is 10.2. The lowest BCUT2D eigenvalue weighted by Crippen LogP contribution is -2.10. The molecule has 0 bridgehead atoms. The molecule has 0 aromatic heterocycles. The lowest BCUT2D eigenvalue weighted by Gasteiger charge is -2.16. The monoisotopic (exact) mass is 682 g/mol. The van der Waals surface area contributed by atoms with Gasteiger partial charge in [0.2, 0.25) is 6.29 Å². The van der Waals surface area contributed by atoms with Gasteiger partial charge in [-0.3, -0.25) is 0 Å². The summed E-state index contributed by atoms with van der Waals surface area (Å²) in [6, 6.07) is 22.8. The number of halogens is 1. The Bertz CT molecular complexity index is 1520. The van der Waals surface area contributed by atoms with Crippen LogP contribution < -0.4 is 18.9 Å². The third-order valence-electron chi connectivity index (χ3n) is 6.03. The van der Waals surface area contributed by atoms with Crippen molar-refractivity contribution in [1.82, 2.24) is 0 Å². The molecule has 0 radical (unpaired) electrons. The number of hydrogen-bond acceptors (Lipinski definition) is 8. The van der Waals surface area contributed by atoms with Crippen LogP contribution in [0.1, 0.15) is 42.0 Å². The van der Waals surface area contributed by atoms with Crippen LogP contribution in [-0.2, 0) is 9.53 Å². The summed E-state index contributed by atoms with van der Waals surface area (Å²) in [7, 11) is 0. The van der Waals surface area contributed by atoms with E-state index < -0.39 is 18.2 Å². The van der Waals surface area contributed by atoms with Crippen molar-refractivity contribution in [3.8, 4) is 23.0 Å². The van der Waals surface area contributed by atoms with Crippen LogP contribution in [-0.4, -0.2) is 36.9 Å². The minimum atomic E-state index is -1.16. The molecular weight excluding hydrogens is 651 g/mol. The first-order valence-corrected chi connectivity index (χ1v) is 14.5. The third-order valence-corrected chi connectivity index (χ3v) is 7.15. The van der Waals surface area contributed by atoms with Crippen molar-refractivity contribution in [2.24, 2.45) is 0 Å². The Morgan fingerprint density at radius 3 is 2.24 bits per heavy atom. The predicted octanol–water partition coefficient (Wildman–Crippen LogP) is 7.02. The summed E-state index contributed by atoms with van der Waals surface area (Å²) < 4.78 is 28.3. The maximum atomic E-state index is 12.8. The molecule has 4 rings (SSSR count). The van der Waals surface area contributed by atoms with E-state index in [9.17, 15) is 14.7 Å². The van der Waals surface area contributed by atoms with Gasteiger partial charge in [0.05, 0.1) is 29.0 Å². The van der Waals surface area contributed by atoms with Crippen molar-refractivity contribution in [2.45, 2.75) is 26.1 Å². The first kappa shape index (κ1) is 30.9. The Morgan fingerprint density at radius 1 is 0.881 bits per heavy atom. The largest absolute Gasteiger partial charge is 0.494 e. The van der Waals surface area contributed by atoms with E-state index in [1.807, 2.05) is 25.1 Å². The van der Waals surface area contributed by atoms with Crippen LogP contribution in [0.3, 0.4) is 0 Å². The molecule has 1 atom stereocenters. The van der Waals surface area contributed by atoms with Gasteiger partial charge in [0.15, 0.2) is 0 Å². The SMILES string of the molecule is C=CC(=O)OCCCOc1ccc(C(=O)Oc2ccc3cc(C(O)Oc4ccc(OCCC)cc4)ccc3c2I)cc1. The van der Waals surface area contributed by atoms with E-state index in [4.69, 9.17) is 23.7 Å². The maximum absolute atomic E-state index is 12.8. The molecule has 0 spiro atoms. The first-order valence-electron chi connectivity index (χ1n) is 13.4. The molecule has 1 unspecified atom stereocenters. The summed E-state index contributed by atoms with van der Waals surface area (Å²) in [6.07, 6.45) is 1.41. The van der Waals surface area contributed by atoms with Crippen molar-refractivity contribution in [3.05, 3.63) is 106 Å². The normalized spacial score (nSPS) is 11.4. The highest BCUT2D eigenvalue weighted by Crippen LogP contribution is 2.32. The minimum absolute atomic E-state index is 0.235. The number of fused-ring (bicyclic) bond motifs is 1. The van der Waals surface area contributed by atoms with Crippen LogP contribution in [0.15, 0.2) is 91.5 Å². The van der Waals surface area contributed by atoms with Crippen molar-refractivity contribution < 1.29 is 38.4 Å². The van der Waals surface area contributed by atoms with Crippen molar-refractivity contribution in [3.63, 3.8) is 0 Å². The molecule has 218 valence electrons. The number of benzene rings is 4. The third kappa shape index (κ3) is 8.46. The zero-order chi connectivity index (χ0) is 29.9. The highest BCUT2D eigenvalue weighted by atomic mass is 127. The van der Waals surface area contributed by atoms with E-state index in [0.29, 0.717) is 48.0 Å². The Kier molecular flexibility index (Phi) is 11.2. The second kappa shape index (κ2) is 15.2. The quantitative estimate of drug-likeness (QED) is 0.0379. The van der Waals surface area contributed by atoms with E-state index in [0.717, 1.165) is 32.6 Å². The molecule has 0 fully saturated rings. The van der Waals surface area contributed by atoms with E-state index in [-0.39, 0.29) is 6.61 Å². The number of carbonyl (C=O) groups excluding carboxylic acids is 2. The molecule has 4 aromatic carbocycles. The number of ether oxygens (including phenoxy) is 5. The Labute approximate surface area is 257 Å². The first-order chi connectivity index (χ1) is 20.4. The van der Waals surface area contributed by atoms with Gasteiger partial charge in [-0.25, -0.2) is 9.59 Å². The summed E-state index contributed by atoms with van der Waals surface area (Å²) in [5.74, 6) is 1.32. The van der Waals surface area contributed by atoms with Crippen molar-refractivity contribution in [2.75, 3.05) is 19.8 Å². The van der Waals surface area contributed by atoms with E-state index in [2.05, 4.69) is 29.2 Å². The summed E-state index contributed by atoms with van der Waals surface area (Å²) in [4.78, 5) is 23.9. The van der Waals surface area contributed by atoms with Crippen molar-refractivity contribution >= 4 is 45.3 Å². The summed E-state index contributed by atoms with van der Waals surface area (Å²) in [5, 5.41) is 12.4. The molecule has 0 saturated heterocycles. The van der Waals surface area contributed by atoms with Gasteiger partial charge in [-0.1, -0.05) is 31.7 Å². The van der Waals surface area contributed by atoms with Crippen LogP contribution in [0.2, 0.25) is 0 Å². The Morgan fingerprint density at radius 2 is 1.55 bits per heavy atom. The maximum Gasteiger partial charge on any atom is 0.343 e. The second-order valence-electron chi connectivity index (χ2n) is 9.14. The van der Waals surface area contributed by atoms with Crippen LogP contribution in [0.25, 0.3) is 10.8 Å². The molecule has 0 aliphatic heterocycles. The molecule has 0 amide bonds. The highest BCUT2D eigenvalue weighted by molar-refractivity contribution is 14.1. The predicted molar refractivity (Wildman–Crippen MR) is 167 cm³/mol. The molecule has 8 nitrogen and oxygen atoms in total. The summed E-state index contributed by atoms with van der Waals surface area (Å²) in [6.45, 7) is 6.62. The smallest absolute Gasteiger partial charge is 0.343 e. The molecule has 0 aliphatic rings. The van der Waals surface area contributed by atoms with Gasteiger partial charge in [-0.2, -0.15) is 0 Å². The molecule has 0 aliphatic carbocycles. The Balaban J connectivity index is 1.34. The van der Waals surface area contributed by atoms with E-state index in [1.54, 1.807) is 60.7 Å². The van der Waals surface area contributed by atoms with Crippen molar-refractivity contribution in [1.29, 1.82) is 0 Å². The number of aliphatic hydroxyl groups is 1. The molecule has 4 aromatic rings. The zero-order valence-corrected chi connectivity index (χ0v) is 25.2. The number of carbonyl (C=O) groups is 2. The van der Waals surface area contributed by atoms with Gasteiger partial charge in [0.25, 0.3) is 0 Å². The van der Waals surface area contributed by atoms with Gasteiger partial charge >= 0.3 is 11.9 Å². The van der Waals surface area contributed by atoms with Gasteiger partial charge in [-0.05, 0) is 100 Å². The Hall–Kier alpha value is -4.09. The van der Waals surface area contributed by atoms with Gasteiger partial charge in [0, 0.05) is 18.1 Å². The van der Waals surface area contributed by atoms with Crippen LogP contribution in [0.4, 0.5) is 0 Å². The molecule has 9 heteroatoms. The summed E-state index contributed by atoms with van der Waals surface area (Å²) in [5.41, 5.74) is 0.966. The number of aliphatic hydroxyl groups excluding tert-OH is 1. The fourth-order valence-corrected chi connectivity index (χ4v) is 4.66. The van der Waals surface area contributed by atoms with E-state index in [1.165, 1.54) is 0 Å². The molecule has 0 saturated carbocycles. The van der Waals surface area contributed by atoms with E-state index >= 15 is 0 Å². The lowest BCUT2D eigenvalue weighted by molar-refractivity contribution is -0.137. The summed E-state index contributed by atoms with van der Waals surface area (Å²) >= 11 is 2.15. The van der Waals surface area contributed by atoms with Gasteiger partial charge < -0.3 is 28.8 Å². The average Bonchev–Trinajstić information content (AvgIpc) is 3.01. The molecular formula is C33H31IO8. The standard InChI is InChI=1S/C33H31IO8/c1-3-18-38-26-12-14-27(15-13-26)41-33(37)24-8-16-28-23(21-24)9-17-29(31(28)34)42-32(36)22-6-10-25(11-7-22)39-19-5-20-40-30(35)4-2/h4,6-17,21,33,37H,2-3,5,18-20H2,1H3. The van der Waals surface area contributed by atoms with Crippen LogP contribution in [0, 0.1) is 3.57 Å². The highest BCUT2D eigenvalue weighted by Gasteiger charge is 2.16. The number of esters is 2. The average molecular weight is 683 g/mol.